The molecule has 0 aromatic heterocycles. The number of nitrogens with zero attached hydrogens (tertiary/aromatic N) is 2. The van der Waals surface area contributed by atoms with Crippen molar-refractivity contribution in [1.29, 1.82) is 0 Å². The van der Waals surface area contributed by atoms with Gasteiger partial charge in [-0.1, -0.05) is 13.8 Å². The Bertz CT molecular complexity index is 623. The number of carbonyl (C=O) groups excluding carboxylic acids is 3. The summed E-state index contributed by atoms with van der Waals surface area (Å²) >= 11 is 0. The second kappa shape index (κ2) is 4.84. The van der Waals surface area contributed by atoms with Gasteiger partial charge in [0.25, 0.3) is 17.5 Å². The first kappa shape index (κ1) is 13.9. The lowest BCUT2D eigenvalue weighted by Crippen LogP contribution is -2.43. The maximum atomic E-state index is 12.2. The molecule has 1 aliphatic rings. The molecule has 1 unspecified atom stereocenters. The summed E-state index contributed by atoms with van der Waals surface area (Å²) in [7, 11) is 0. The molecule has 7 nitrogen and oxygen atoms in total. The molecule has 1 aliphatic heterocycles. The average molecular weight is 276 g/mol. The number of nitro benzene ring substituents is 1. The molecule has 0 saturated carbocycles. The summed E-state index contributed by atoms with van der Waals surface area (Å²) in [5, 5.41) is 10.7. The van der Waals surface area contributed by atoms with Crippen LogP contribution in [0.5, 0.6) is 0 Å². The van der Waals surface area contributed by atoms with E-state index in [1.54, 1.807) is 13.8 Å². The van der Waals surface area contributed by atoms with Crippen LogP contribution < -0.4 is 0 Å². The predicted molar refractivity (Wildman–Crippen MR) is 68.3 cm³/mol. The lowest BCUT2D eigenvalue weighted by atomic mass is 10.0. The van der Waals surface area contributed by atoms with Crippen LogP contribution in [0.1, 0.15) is 34.6 Å². The Hall–Kier alpha value is -2.57. The largest absolute Gasteiger partial charge is 0.301 e. The summed E-state index contributed by atoms with van der Waals surface area (Å²) < 4.78 is 0. The second-order valence-corrected chi connectivity index (χ2v) is 4.84. The monoisotopic (exact) mass is 276 g/mol. The molecule has 1 aromatic carbocycles. The van der Waals surface area contributed by atoms with E-state index in [4.69, 9.17) is 0 Å². The minimum atomic E-state index is -0.874. The fourth-order valence-electron chi connectivity index (χ4n) is 2.15. The molecule has 104 valence electrons. The molecule has 1 heterocycles. The average Bonchev–Trinajstić information content (AvgIpc) is 2.64. The lowest BCUT2D eigenvalue weighted by Gasteiger charge is -2.24. The fourth-order valence-corrected chi connectivity index (χ4v) is 2.15. The van der Waals surface area contributed by atoms with E-state index in [0.717, 1.165) is 11.0 Å². The third-order valence-corrected chi connectivity index (χ3v) is 3.23. The molecule has 2 amide bonds. The van der Waals surface area contributed by atoms with Crippen LogP contribution in [0.4, 0.5) is 5.69 Å². The van der Waals surface area contributed by atoms with Gasteiger partial charge in [-0.2, -0.15) is 0 Å². The van der Waals surface area contributed by atoms with Gasteiger partial charge in [0.1, 0.15) is 6.29 Å². The molecule has 1 atom stereocenters. The minimum Gasteiger partial charge on any atom is -0.301 e. The van der Waals surface area contributed by atoms with Gasteiger partial charge in [-0.3, -0.25) is 24.6 Å². The number of imide groups is 1. The van der Waals surface area contributed by atoms with Gasteiger partial charge in [-0.15, -0.1) is 0 Å². The van der Waals surface area contributed by atoms with E-state index in [1.807, 2.05) is 0 Å². The first-order valence-corrected chi connectivity index (χ1v) is 6.00. The molecular weight excluding hydrogens is 264 g/mol. The van der Waals surface area contributed by atoms with Crippen molar-refractivity contribution >= 4 is 23.8 Å². The molecule has 20 heavy (non-hydrogen) atoms. The normalized spacial score (nSPS) is 15.4. The molecule has 0 saturated heterocycles. The highest BCUT2D eigenvalue weighted by Gasteiger charge is 2.41. The molecule has 0 N–H and O–H groups in total. The van der Waals surface area contributed by atoms with Crippen molar-refractivity contribution in [2.24, 2.45) is 5.92 Å². The van der Waals surface area contributed by atoms with E-state index in [9.17, 15) is 24.5 Å². The molecule has 0 spiro atoms. The number of nitro groups is 1. The standard InChI is InChI=1S/C13H12N2O5/c1-7(2)11(6-16)14-12(17)9-4-3-8(15(19)20)5-10(9)13(14)18/h3-7,11H,1-2H3. The smallest absolute Gasteiger partial charge is 0.270 e. The number of carbonyl (C=O) groups is 3. The van der Waals surface area contributed by atoms with Crippen LogP contribution >= 0.6 is 0 Å². The van der Waals surface area contributed by atoms with Gasteiger partial charge < -0.3 is 4.79 Å². The van der Waals surface area contributed by atoms with Crippen molar-refractivity contribution in [1.82, 2.24) is 4.90 Å². The first-order chi connectivity index (χ1) is 9.38. The van der Waals surface area contributed by atoms with Gasteiger partial charge in [0.2, 0.25) is 0 Å². The van der Waals surface area contributed by atoms with Gasteiger partial charge in [-0.05, 0) is 12.0 Å². The van der Waals surface area contributed by atoms with Crippen molar-refractivity contribution in [3.8, 4) is 0 Å². The van der Waals surface area contributed by atoms with Gasteiger partial charge in [-0.25, -0.2) is 0 Å². The number of fused-ring (bicyclic) bond motifs is 1. The maximum absolute atomic E-state index is 12.2. The number of benzene rings is 1. The summed E-state index contributed by atoms with van der Waals surface area (Å²) in [6.07, 6.45) is 0.542. The summed E-state index contributed by atoms with van der Waals surface area (Å²) in [6, 6.07) is 2.60. The van der Waals surface area contributed by atoms with Crippen molar-refractivity contribution in [2.45, 2.75) is 19.9 Å². The van der Waals surface area contributed by atoms with Crippen LogP contribution in [0, 0.1) is 16.0 Å². The van der Waals surface area contributed by atoms with Crippen molar-refractivity contribution < 1.29 is 19.3 Å². The van der Waals surface area contributed by atoms with Crippen LogP contribution in [-0.2, 0) is 4.79 Å². The molecule has 1 aromatic rings. The SMILES string of the molecule is CC(C)C(C=O)N1C(=O)c2ccc([N+](=O)[O-])cc2C1=O. The number of aldehydes is 1. The third-order valence-electron chi connectivity index (χ3n) is 3.23. The van der Waals surface area contributed by atoms with Crippen LogP contribution in [0.15, 0.2) is 18.2 Å². The van der Waals surface area contributed by atoms with Crippen LogP contribution in [0.3, 0.4) is 0 Å². The predicted octanol–water partition coefficient (Wildman–Crippen LogP) is 1.41. The summed E-state index contributed by atoms with van der Waals surface area (Å²) in [6.45, 7) is 3.43. The van der Waals surface area contributed by atoms with Crippen molar-refractivity contribution in [3.63, 3.8) is 0 Å². The molecule has 0 aliphatic carbocycles. The first-order valence-electron chi connectivity index (χ1n) is 6.00. The number of non-ortho nitro benzene ring substituents is 1. The van der Waals surface area contributed by atoms with E-state index in [-0.39, 0.29) is 22.7 Å². The van der Waals surface area contributed by atoms with Crippen LogP contribution in [0.2, 0.25) is 0 Å². The highest BCUT2D eigenvalue weighted by molar-refractivity contribution is 6.22. The molecule has 7 heteroatoms. The van der Waals surface area contributed by atoms with E-state index >= 15 is 0 Å². The molecule has 0 bridgehead atoms. The minimum absolute atomic E-state index is 0.0308. The van der Waals surface area contributed by atoms with E-state index < -0.39 is 22.8 Å². The summed E-state index contributed by atoms with van der Waals surface area (Å²) in [4.78, 5) is 46.4. The Kier molecular flexibility index (Phi) is 3.35. The number of rotatable bonds is 4. The van der Waals surface area contributed by atoms with Crippen molar-refractivity contribution in [3.05, 3.63) is 39.4 Å². The van der Waals surface area contributed by atoms with Crippen molar-refractivity contribution in [2.75, 3.05) is 0 Å². The Labute approximate surface area is 114 Å². The van der Waals surface area contributed by atoms with Gasteiger partial charge in [0, 0.05) is 12.1 Å². The molecule has 0 fully saturated rings. The number of hydrogen-bond acceptors (Lipinski definition) is 5. The highest BCUT2D eigenvalue weighted by atomic mass is 16.6. The van der Waals surface area contributed by atoms with Crippen LogP contribution in [-0.4, -0.2) is 34.0 Å². The Morgan fingerprint density at radius 1 is 1.20 bits per heavy atom. The summed E-state index contributed by atoms with van der Waals surface area (Å²) in [5.41, 5.74) is -0.205. The van der Waals surface area contributed by atoms with E-state index in [0.29, 0.717) is 6.29 Å². The van der Waals surface area contributed by atoms with E-state index in [1.165, 1.54) is 12.1 Å². The van der Waals surface area contributed by atoms with Gasteiger partial charge >= 0.3 is 0 Å². The van der Waals surface area contributed by atoms with E-state index in [2.05, 4.69) is 0 Å². The second-order valence-electron chi connectivity index (χ2n) is 4.84. The number of amides is 2. The molecule has 0 radical (unpaired) electrons. The highest BCUT2D eigenvalue weighted by Crippen LogP contribution is 2.29. The Morgan fingerprint density at radius 2 is 1.80 bits per heavy atom. The van der Waals surface area contributed by atoms with Gasteiger partial charge in [0.05, 0.1) is 22.1 Å². The molecule has 2 rings (SSSR count). The Morgan fingerprint density at radius 3 is 2.30 bits per heavy atom. The Balaban J connectivity index is 2.50. The molecular formula is C13H12N2O5. The lowest BCUT2D eigenvalue weighted by molar-refractivity contribution is -0.384. The topological polar surface area (TPSA) is 97.6 Å². The zero-order chi connectivity index (χ0) is 15.0. The fraction of sp³-hybridized carbons (Fsp3) is 0.308. The maximum Gasteiger partial charge on any atom is 0.270 e. The quantitative estimate of drug-likeness (QED) is 0.358. The number of hydrogen-bond donors (Lipinski definition) is 0. The third kappa shape index (κ3) is 1.97. The van der Waals surface area contributed by atoms with Gasteiger partial charge in [0.15, 0.2) is 0 Å². The zero-order valence-corrected chi connectivity index (χ0v) is 10.9. The summed E-state index contributed by atoms with van der Waals surface area (Å²) in [5.74, 6) is -1.49. The van der Waals surface area contributed by atoms with Crippen LogP contribution in [0.25, 0.3) is 0 Å². The zero-order valence-electron chi connectivity index (χ0n) is 10.9.